The van der Waals surface area contributed by atoms with Gasteiger partial charge in [0.25, 0.3) is 0 Å². The van der Waals surface area contributed by atoms with Crippen LogP contribution in [0.2, 0.25) is 0 Å². The van der Waals surface area contributed by atoms with E-state index in [1.807, 2.05) is 43.3 Å². The second kappa shape index (κ2) is 3.98. The molecule has 0 fully saturated rings. The lowest BCUT2D eigenvalue weighted by molar-refractivity contribution is 0.535. The minimum Gasteiger partial charge on any atom is -0.370 e. The number of rotatable bonds is 2. The van der Waals surface area contributed by atoms with Gasteiger partial charge in [0.15, 0.2) is 5.96 Å². The highest BCUT2D eigenvalue weighted by atomic mass is 15.2. The highest BCUT2D eigenvalue weighted by Gasteiger charge is 2.25. The van der Waals surface area contributed by atoms with Gasteiger partial charge >= 0.3 is 0 Å². The molecular formula is C12H16N4. The molecule has 0 bridgehead atoms. The van der Waals surface area contributed by atoms with Gasteiger partial charge in [-0.1, -0.05) is 30.3 Å². The van der Waals surface area contributed by atoms with Gasteiger partial charge in [-0.05, 0) is 18.6 Å². The van der Waals surface area contributed by atoms with Crippen LogP contribution < -0.4 is 16.8 Å². The molecule has 0 aliphatic carbocycles. The molecule has 16 heavy (non-hydrogen) atoms. The van der Waals surface area contributed by atoms with E-state index in [2.05, 4.69) is 10.3 Å². The van der Waals surface area contributed by atoms with Crippen molar-refractivity contribution in [2.24, 2.45) is 16.5 Å². The standard InChI is InChI=1S/C12H16N4/c1-9-7-12(14,16-11(13)15-9)8-10-5-3-2-4-6-10/h2-7H,8,14H2,1H3,(H3,13,15,16). The average Bonchev–Trinajstić information content (AvgIpc) is 2.15. The lowest BCUT2D eigenvalue weighted by Crippen LogP contribution is -2.47. The van der Waals surface area contributed by atoms with Crippen molar-refractivity contribution in [1.29, 1.82) is 0 Å². The van der Waals surface area contributed by atoms with Gasteiger partial charge in [0.1, 0.15) is 5.66 Å². The van der Waals surface area contributed by atoms with Crippen molar-refractivity contribution in [1.82, 2.24) is 5.32 Å². The molecule has 0 radical (unpaired) electrons. The Kier molecular flexibility index (Phi) is 2.66. The van der Waals surface area contributed by atoms with Crippen LogP contribution in [0, 0.1) is 0 Å². The van der Waals surface area contributed by atoms with E-state index < -0.39 is 5.66 Å². The lowest BCUT2D eigenvalue weighted by Gasteiger charge is -2.27. The maximum absolute atomic E-state index is 6.19. The number of aliphatic imine (C=N–C) groups is 1. The molecule has 84 valence electrons. The van der Waals surface area contributed by atoms with Crippen LogP contribution in [-0.2, 0) is 6.42 Å². The summed E-state index contributed by atoms with van der Waals surface area (Å²) in [6.07, 6.45) is 2.55. The Morgan fingerprint density at radius 1 is 1.31 bits per heavy atom. The summed E-state index contributed by atoms with van der Waals surface area (Å²) >= 11 is 0. The summed E-state index contributed by atoms with van der Waals surface area (Å²) in [4.78, 5) is 4.24. The maximum atomic E-state index is 6.19. The van der Waals surface area contributed by atoms with Crippen LogP contribution in [0.25, 0.3) is 0 Å². The number of nitrogens with zero attached hydrogens (tertiary/aromatic N) is 1. The highest BCUT2D eigenvalue weighted by molar-refractivity contribution is 5.81. The number of nitrogens with two attached hydrogens (primary N) is 2. The first-order valence-electron chi connectivity index (χ1n) is 5.22. The average molecular weight is 216 g/mol. The van der Waals surface area contributed by atoms with Crippen LogP contribution in [0.4, 0.5) is 0 Å². The summed E-state index contributed by atoms with van der Waals surface area (Å²) in [5, 5.41) is 2.93. The minimum absolute atomic E-state index is 0.374. The molecule has 0 amide bonds. The predicted octanol–water partition coefficient (Wildman–Crippen LogP) is 0.706. The molecule has 1 aromatic rings. The first-order valence-corrected chi connectivity index (χ1v) is 5.22. The third kappa shape index (κ3) is 2.41. The summed E-state index contributed by atoms with van der Waals surface area (Å²) in [7, 11) is 0. The number of hydrogen-bond donors (Lipinski definition) is 3. The van der Waals surface area contributed by atoms with Crippen LogP contribution in [0.1, 0.15) is 12.5 Å². The first kappa shape index (κ1) is 10.7. The lowest BCUT2D eigenvalue weighted by atomic mass is 9.99. The van der Waals surface area contributed by atoms with E-state index in [0.717, 1.165) is 11.3 Å². The van der Waals surface area contributed by atoms with Gasteiger partial charge in [0, 0.05) is 12.1 Å². The number of allylic oxidation sites excluding steroid dienone is 1. The third-order valence-electron chi connectivity index (χ3n) is 2.45. The predicted molar refractivity (Wildman–Crippen MR) is 65.6 cm³/mol. The molecule has 0 saturated heterocycles. The molecule has 1 aliphatic heterocycles. The van der Waals surface area contributed by atoms with Crippen molar-refractivity contribution < 1.29 is 0 Å². The molecule has 2 rings (SSSR count). The van der Waals surface area contributed by atoms with Gasteiger partial charge < -0.3 is 16.8 Å². The van der Waals surface area contributed by atoms with Crippen molar-refractivity contribution in [3.8, 4) is 0 Å². The number of benzene rings is 1. The van der Waals surface area contributed by atoms with Crippen LogP contribution in [0.3, 0.4) is 0 Å². The second-order valence-electron chi connectivity index (χ2n) is 4.10. The fourth-order valence-corrected chi connectivity index (χ4v) is 1.91. The van der Waals surface area contributed by atoms with E-state index in [1.54, 1.807) is 0 Å². The number of nitrogens with one attached hydrogen (secondary N) is 1. The van der Waals surface area contributed by atoms with Crippen LogP contribution in [-0.4, -0.2) is 11.6 Å². The van der Waals surface area contributed by atoms with Crippen molar-refractivity contribution in [2.45, 2.75) is 19.0 Å². The van der Waals surface area contributed by atoms with Crippen molar-refractivity contribution in [2.75, 3.05) is 0 Å². The zero-order valence-electron chi connectivity index (χ0n) is 9.27. The van der Waals surface area contributed by atoms with Gasteiger partial charge in [0.05, 0.1) is 0 Å². The van der Waals surface area contributed by atoms with Gasteiger partial charge in [-0.25, -0.2) is 4.99 Å². The Balaban J connectivity index is 2.23. The smallest absolute Gasteiger partial charge is 0.195 e. The summed E-state index contributed by atoms with van der Waals surface area (Å²) < 4.78 is 0. The summed E-state index contributed by atoms with van der Waals surface area (Å²) in [6.45, 7) is 1.92. The van der Waals surface area contributed by atoms with Crippen molar-refractivity contribution in [3.63, 3.8) is 0 Å². The van der Waals surface area contributed by atoms with E-state index in [-0.39, 0.29) is 0 Å². The molecule has 1 atom stereocenters. The topological polar surface area (TPSA) is 76.4 Å². The monoisotopic (exact) mass is 216 g/mol. The molecule has 5 N–H and O–H groups in total. The Morgan fingerprint density at radius 2 is 2.00 bits per heavy atom. The zero-order chi connectivity index (χ0) is 11.6. The molecule has 4 nitrogen and oxygen atoms in total. The molecule has 0 saturated carbocycles. The van der Waals surface area contributed by atoms with Crippen LogP contribution >= 0.6 is 0 Å². The molecule has 0 spiro atoms. The molecule has 1 heterocycles. The van der Waals surface area contributed by atoms with Crippen molar-refractivity contribution in [3.05, 3.63) is 47.7 Å². The molecule has 1 unspecified atom stereocenters. The fraction of sp³-hybridized carbons (Fsp3) is 0.250. The summed E-state index contributed by atoms with van der Waals surface area (Å²) in [5.74, 6) is 0.374. The Hall–Kier alpha value is -1.81. The van der Waals surface area contributed by atoms with E-state index >= 15 is 0 Å². The van der Waals surface area contributed by atoms with Gasteiger partial charge in [-0.15, -0.1) is 0 Å². The molecule has 0 aromatic heterocycles. The van der Waals surface area contributed by atoms with Gasteiger partial charge in [0.2, 0.25) is 0 Å². The zero-order valence-corrected chi connectivity index (χ0v) is 9.27. The fourth-order valence-electron chi connectivity index (χ4n) is 1.91. The van der Waals surface area contributed by atoms with Crippen LogP contribution in [0.15, 0.2) is 47.1 Å². The first-order chi connectivity index (χ1) is 7.57. The Bertz CT molecular complexity index is 416. The minimum atomic E-state index is -0.735. The van der Waals surface area contributed by atoms with Crippen molar-refractivity contribution >= 4 is 5.96 Å². The SMILES string of the molecule is CC1=CC(N)(Cc2ccccc2)N=C(N)N1. The molecule has 1 aliphatic rings. The number of hydrogen-bond acceptors (Lipinski definition) is 4. The summed E-state index contributed by atoms with van der Waals surface area (Å²) in [6, 6.07) is 10.0. The second-order valence-corrected chi connectivity index (χ2v) is 4.10. The largest absolute Gasteiger partial charge is 0.370 e. The summed E-state index contributed by atoms with van der Waals surface area (Å²) in [5.41, 5.74) is 13.2. The van der Waals surface area contributed by atoms with Gasteiger partial charge in [-0.2, -0.15) is 0 Å². The third-order valence-corrected chi connectivity index (χ3v) is 2.45. The van der Waals surface area contributed by atoms with Gasteiger partial charge in [-0.3, -0.25) is 0 Å². The normalized spacial score (nSPS) is 24.4. The molecule has 1 aromatic carbocycles. The number of guanidine groups is 1. The maximum Gasteiger partial charge on any atom is 0.195 e. The van der Waals surface area contributed by atoms with E-state index in [9.17, 15) is 0 Å². The molecular weight excluding hydrogens is 200 g/mol. The van der Waals surface area contributed by atoms with E-state index in [0.29, 0.717) is 12.4 Å². The Labute approximate surface area is 95.1 Å². The molecule has 4 heteroatoms. The van der Waals surface area contributed by atoms with E-state index in [1.165, 1.54) is 0 Å². The Morgan fingerprint density at radius 3 is 2.62 bits per heavy atom. The quantitative estimate of drug-likeness (QED) is 0.681. The van der Waals surface area contributed by atoms with Crippen LogP contribution in [0.5, 0.6) is 0 Å². The van der Waals surface area contributed by atoms with E-state index in [4.69, 9.17) is 11.5 Å². The highest BCUT2D eigenvalue weighted by Crippen LogP contribution is 2.17.